The first-order valence-electron chi connectivity index (χ1n) is 6.46. The third-order valence-corrected chi connectivity index (χ3v) is 2.82. The van der Waals surface area contributed by atoms with Gasteiger partial charge in [-0.15, -0.1) is 6.58 Å². The summed E-state index contributed by atoms with van der Waals surface area (Å²) in [5.74, 6) is -0.993. The molecule has 5 nitrogen and oxygen atoms in total. The average Bonchev–Trinajstić information content (AvgIpc) is 2.39. The maximum atomic E-state index is 11.6. The van der Waals surface area contributed by atoms with E-state index in [9.17, 15) is 9.59 Å². The van der Waals surface area contributed by atoms with Gasteiger partial charge < -0.3 is 15.7 Å². The maximum absolute atomic E-state index is 11.6. The van der Waals surface area contributed by atoms with Crippen LogP contribution in [-0.4, -0.2) is 30.1 Å². The quantitative estimate of drug-likeness (QED) is 0.501. The van der Waals surface area contributed by atoms with Crippen molar-refractivity contribution >= 4 is 17.6 Å². The molecule has 0 radical (unpaired) electrons. The number of nitrogens with one attached hydrogen (secondary N) is 2. The van der Waals surface area contributed by atoms with E-state index in [0.717, 1.165) is 5.56 Å². The minimum atomic E-state index is -0.817. The van der Waals surface area contributed by atoms with Crippen molar-refractivity contribution in [3.8, 4) is 0 Å². The van der Waals surface area contributed by atoms with Gasteiger partial charge in [0.1, 0.15) is 0 Å². The fourth-order valence-corrected chi connectivity index (χ4v) is 1.77. The second-order valence-corrected chi connectivity index (χ2v) is 4.59. The Morgan fingerprint density at radius 2 is 2.00 bits per heavy atom. The first-order chi connectivity index (χ1) is 9.52. The van der Waals surface area contributed by atoms with Crippen molar-refractivity contribution in [3.63, 3.8) is 0 Å². The van der Waals surface area contributed by atoms with Crippen LogP contribution in [0.4, 0.5) is 5.69 Å². The largest absolute Gasteiger partial charge is 0.481 e. The van der Waals surface area contributed by atoms with Gasteiger partial charge in [-0.1, -0.05) is 25.1 Å². The zero-order chi connectivity index (χ0) is 15.0. The molecule has 1 aromatic carbocycles. The van der Waals surface area contributed by atoms with Crippen LogP contribution in [0.25, 0.3) is 0 Å². The normalized spacial score (nSPS) is 11.7. The first-order valence-corrected chi connectivity index (χ1v) is 6.46. The van der Waals surface area contributed by atoms with Crippen molar-refractivity contribution in [3.05, 3.63) is 42.5 Å². The minimum Gasteiger partial charge on any atom is -0.481 e. The maximum Gasteiger partial charge on any atom is 0.303 e. The number of carboxylic acids is 1. The van der Waals surface area contributed by atoms with Crippen LogP contribution < -0.4 is 10.6 Å². The number of carboxylic acid groups (broad SMARTS) is 1. The number of benzene rings is 1. The third kappa shape index (κ3) is 5.67. The Bertz CT molecular complexity index is 469. The molecule has 0 aliphatic heterocycles. The molecule has 0 bridgehead atoms. The highest BCUT2D eigenvalue weighted by Gasteiger charge is 2.10. The lowest BCUT2D eigenvalue weighted by Gasteiger charge is -2.11. The second kappa shape index (κ2) is 8.12. The Balaban J connectivity index is 2.51. The highest BCUT2D eigenvalue weighted by molar-refractivity contribution is 5.92. The predicted molar refractivity (Wildman–Crippen MR) is 78.8 cm³/mol. The van der Waals surface area contributed by atoms with Gasteiger partial charge in [0.25, 0.3) is 0 Å². The Hall–Kier alpha value is -2.14. The Morgan fingerprint density at radius 3 is 2.55 bits per heavy atom. The molecule has 108 valence electrons. The number of anilines is 1. The molecule has 0 aliphatic carbocycles. The summed E-state index contributed by atoms with van der Waals surface area (Å²) in [5, 5.41) is 14.4. The fourth-order valence-electron chi connectivity index (χ4n) is 1.77. The summed E-state index contributed by atoms with van der Waals surface area (Å²) in [6.07, 6.45) is 1.78. The highest BCUT2D eigenvalue weighted by Crippen LogP contribution is 2.20. The zero-order valence-corrected chi connectivity index (χ0v) is 11.6. The lowest BCUT2D eigenvalue weighted by atomic mass is 9.98. The van der Waals surface area contributed by atoms with Gasteiger partial charge in [-0.05, 0) is 23.6 Å². The first kappa shape index (κ1) is 15.9. The molecule has 1 unspecified atom stereocenters. The summed E-state index contributed by atoms with van der Waals surface area (Å²) in [6, 6.07) is 7.22. The van der Waals surface area contributed by atoms with E-state index in [0.29, 0.717) is 12.2 Å². The van der Waals surface area contributed by atoms with E-state index in [-0.39, 0.29) is 24.8 Å². The van der Waals surface area contributed by atoms with E-state index in [2.05, 4.69) is 17.2 Å². The molecule has 0 aromatic heterocycles. The summed E-state index contributed by atoms with van der Waals surface area (Å²) < 4.78 is 0. The van der Waals surface area contributed by atoms with Crippen LogP contribution in [0.3, 0.4) is 0 Å². The van der Waals surface area contributed by atoms with E-state index >= 15 is 0 Å². The van der Waals surface area contributed by atoms with Crippen molar-refractivity contribution in [1.29, 1.82) is 0 Å². The molecule has 0 aliphatic rings. The van der Waals surface area contributed by atoms with Gasteiger partial charge in [-0.2, -0.15) is 0 Å². The molecule has 1 atom stereocenters. The lowest BCUT2D eigenvalue weighted by molar-refractivity contribution is -0.137. The van der Waals surface area contributed by atoms with Gasteiger partial charge in [0.15, 0.2) is 0 Å². The van der Waals surface area contributed by atoms with Crippen LogP contribution >= 0.6 is 0 Å². The van der Waals surface area contributed by atoms with Crippen LogP contribution in [0.1, 0.15) is 24.8 Å². The molecule has 1 rings (SSSR count). The number of hydrogen-bond acceptors (Lipinski definition) is 3. The van der Waals surface area contributed by atoms with Crippen LogP contribution in [0.5, 0.6) is 0 Å². The van der Waals surface area contributed by atoms with Crippen LogP contribution in [0, 0.1) is 0 Å². The SMILES string of the molecule is C=CCNCC(=O)Nc1ccc(C(C)CC(=O)O)cc1. The molecule has 3 N–H and O–H groups in total. The van der Waals surface area contributed by atoms with Gasteiger partial charge in [0.2, 0.25) is 5.91 Å². The monoisotopic (exact) mass is 276 g/mol. The third-order valence-electron chi connectivity index (χ3n) is 2.82. The zero-order valence-electron chi connectivity index (χ0n) is 11.6. The van der Waals surface area contributed by atoms with Crippen LogP contribution in [-0.2, 0) is 9.59 Å². The van der Waals surface area contributed by atoms with Crippen molar-refractivity contribution in [2.75, 3.05) is 18.4 Å². The summed E-state index contributed by atoms with van der Waals surface area (Å²) >= 11 is 0. The Kier molecular flexibility index (Phi) is 6.46. The molecular formula is C15H20N2O3. The van der Waals surface area contributed by atoms with Crippen LogP contribution in [0.15, 0.2) is 36.9 Å². The van der Waals surface area contributed by atoms with Crippen molar-refractivity contribution in [1.82, 2.24) is 5.32 Å². The molecule has 0 fully saturated rings. The number of carbonyl (C=O) groups excluding carboxylic acids is 1. The Morgan fingerprint density at radius 1 is 1.35 bits per heavy atom. The summed E-state index contributed by atoms with van der Waals surface area (Å²) in [6.45, 7) is 6.22. The topological polar surface area (TPSA) is 78.4 Å². The molecular weight excluding hydrogens is 256 g/mol. The summed E-state index contributed by atoms with van der Waals surface area (Å²) in [4.78, 5) is 22.2. The van der Waals surface area contributed by atoms with E-state index in [4.69, 9.17) is 5.11 Å². The van der Waals surface area contributed by atoms with E-state index in [1.165, 1.54) is 0 Å². The number of rotatable bonds is 8. The highest BCUT2D eigenvalue weighted by atomic mass is 16.4. The average molecular weight is 276 g/mol. The fraction of sp³-hybridized carbons (Fsp3) is 0.333. The van der Waals surface area contributed by atoms with Gasteiger partial charge in [-0.25, -0.2) is 0 Å². The molecule has 5 heteroatoms. The van der Waals surface area contributed by atoms with Gasteiger partial charge in [0.05, 0.1) is 13.0 Å². The Labute approximate surface area is 118 Å². The molecule has 0 saturated heterocycles. The minimum absolute atomic E-state index is 0.0495. The number of hydrogen-bond donors (Lipinski definition) is 3. The van der Waals surface area contributed by atoms with E-state index in [1.807, 2.05) is 19.1 Å². The van der Waals surface area contributed by atoms with Gasteiger partial charge in [-0.3, -0.25) is 9.59 Å². The molecule has 1 amide bonds. The van der Waals surface area contributed by atoms with Crippen molar-refractivity contribution in [2.45, 2.75) is 19.3 Å². The molecule has 0 saturated carbocycles. The van der Waals surface area contributed by atoms with Gasteiger partial charge in [0, 0.05) is 12.2 Å². The van der Waals surface area contributed by atoms with Gasteiger partial charge >= 0.3 is 5.97 Å². The predicted octanol–water partition coefficient (Wildman–Crippen LogP) is 1.98. The van der Waals surface area contributed by atoms with Crippen molar-refractivity contribution in [2.24, 2.45) is 0 Å². The van der Waals surface area contributed by atoms with E-state index < -0.39 is 5.97 Å². The smallest absolute Gasteiger partial charge is 0.303 e. The standard InChI is InChI=1S/C15H20N2O3/c1-3-8-16-10-14(18)17-13-6-4-12(5-7-13)11(2)9-15(19)20/h3-7,11,16H,1,8-10H2,2H3,(H,17,18)(H,19,20). The van der Waals surface area contributed by atoms with E-state index in [1.54, 1.807) is 18.2 Å². The van der Waals surface area contributed by atoms with Crippen molar-refractivity contribution < 1.29 is 14.7 Å². The number of carbonyl (C=O) groups is 2. The number of amides is 1. The lowest BCUT2D eigenvalue weighted by Crippen LogP contribution is -2.28. The molecule has 20 heavy (non-hydrogen) atoms. The van der Waals surface area contributed by atoms with Crippen LogP contribution in [0.2, 0.25) is 0 Å². The summed E-state index contributed by atoms with van der Waals surface area (Å²) in [5.41, 5.74) is 1.64. The molecule has 0 spiro atoms. The number of aliphatic carboxylic acids is 1. The molecule has 1 aromatic rings. The molecule has 0 heterocycles. The second-order valence-electron chi connectivity index (χ2n) is 4.59. The summed E-state index contributed by atoms with van der Waals surface area (Å²) in [7, 11) is 0.